The Morgan fingerprint density at radius 2 is 2.13 bits per heavy atom. The first-order valence-corrected chi connectivity index (χ1v) is 5.61. The Balaban J connectivity index is 2.24. The van der Waals surface area contributed by atoms with Crippen molar-refractivity contribution in [2.45, 2.75) is 17.2 Å². The Bertz CT molecular complexity index is 464. The maximum Gasteiger partial charge on any atom is 0.216 e. The molecule has 0 radical (unpaired) electrons. The fraction of sp³-hybridized carbons (Fsp3) is 0.143. The standard InChI is InChI=1S/C7H7BrN6S/c1-3-10-7(14-13-3)15-6-11-4(8)2-5(9)12-6/h2H,1H3,(H2,9,11,12)(H,10,13,14). The van der Waals surface area contributed by atoms with Crippen molar-refractivity contribution in [2.75, 3.05) is 5.73 Å². The van der Waals surface area contributed by atoms with Gasteiger partial charge in [0, 0.05) is 6.07 Å². The lowest BCUT2D eigenvalue weighted by atomic mass is 10.6. The minimum absolute atomic E-state index is 0.409. The maximum absolute atomic E-state index is 5.58. The monoisotopic (exact) mass is 286 g/mol. The number of rotatable bonds is 2. The third-order valence-corrected chi connectivity index (χ3v) is 2.59. The third-order valence-electron chi connectivity index (χ3n) is 1.45. The zero-order valence-corrected chi connectivity index (χ0v) is 10.1. The van der Waals surface area contributed by atoms with E-state index in [2.05, 4.69) is 41.1 Å². The molecule has 0 atom stereocenters. The lowest BCUT2D eigenvalue weighted by Gasteiger charge is -1.98. The highest BCUT2D eigenvalue weighted by Gasteiger charge is 2.07. The van der Waals surface area contributed by atoms with Crippen LogP contribution in [-0.4, -0.2) is 25.1 Å². The molecule has 2 aromatic heterocycles. The van der Waals surface area contributed by atoms with E-state index in [9.17, 15) is 0 Å². The first-order valence-electron chi connectivity index (χ1n) is 4.00. The molecule has 0 aliphatic heterocycles. The molecule has 15 heavy (non-hydrogen) atoms. The Morgan fingerprint density at radius 3 is 2.73 bits per heavy atom. The normalized spacial score (nSPS) is 10.5. The van der Waals surface area contributed by atoms with Gasteiger partial charge in [0.05, 0.1) is 0 Å². The second kappa shape index (κ2) is 4.15. The molecule has 2 rings (SSSR count). The van der Waals surface area contributed by atoms with Crippen LogP contribution in [0.3, 0.4) is 0 Å². The van der Waals surface area contributed by atoms with E-state index >= 15 is 0 Å². The van der Waals surface area contributed by atoms with Crippen LogP contribution in [0.2, 0.25) is 0 Å². The third kappa shape index (κ3) is 2.66. The van der Waals surface area contributed by atoms with E-state index in [1.807, 2.05) is 6.92 Å². The number of aryl methyl sites for hydroxylation is 1. The minimum Gasteiger partial charge on any atom is -0.384 e. The van der Waals surface area contributed by atoms with Gasteiger partial charge in [-0.25, -0.2) is 15.0 Å². The molecule has 0 bridgehead atoms. The largest absolute Gasteiger partial charge is 0.384 e. The SMILES string of the molecule is Cc1nc(Sc2nc(N)cc(Br)n2)n[nH]1. The summed E-state index contributed by atoms with van der Waals surface area (Å²) in [5.41, 5.74) is 5.58. The van der Waals surface area contributed by atoms with E-state index in [1.54, 1.807) is 6.07 Å². The van der Waals surface area contributed by atoms with Crippen molar-refractivity contribution < 1.29 is 0 Å². The maximum atomic E-state index is 5.58. The van der Waals surface area contributed by atoms with Gasteiger partial charge < -0.3 is 5.73 Å². The zero-order chi connectivity index (χ0) is 10.8. The van der Waals surface area contributed by atoms with E-state index < -0.39 is 0 Å². The smallest absolute Gasteiger partial charge is 0.216 e. The van der Waals surface area contributed by atoms with Gasteiger partial charge in [-0.15, -0.1) is 5.10 Å². The fourth-order valence-corrected chi connectivity index (χ4v) is 2.16. The van der Waals surface area contributed by atoms with Crippen molar-refractivity contribution >= 4 is 33.5 Å². The molecule has 2 aromatic rings. The summed E-state index contributed by atoms with van der Waals surface area (Å²) in [6, 6.07) is 1.63. The number of nitrogens with two attached hydrogens (primary N) is 1. The molecule has 0 saturated heterocycles. The van der Waals surface area contributed by atoms with Crippen LogP contribution in [0.5, 0.6) is 0 Å². The molecule has 8 heteroatoms. The van der Waals surface area contributed by atoms with Gasteiger partial charge in [0.2, 0.25) is 5.16 Å². The highest BCUT2D eigenvalue weighted by Crippen LogP contribution is 2.23. The highest BCUT2D eigenvalue weighted by molar-refractivity contribution is 9.10. The van der Waals surface area contributed by atoms with E-state index in [0.717, 1.165) is 5.82 Å². The molecular weight excluding hydrogens is 280 g/mol. The molecule has 6 nitrogen and oxygen atoms in total. The van der Waals surface area contributed by atoms with Crippen LogP contribution in [0.4, 0.5) is 5.82 Å². The van der Waals surface area contributed by atoms with Gasteiger partial charge in [0.15, 0.2) is 5.16 Å². The number of nitrogen functional groups attached to an aromatic ring is 1. The number of nitrogens with zero attached hydrogens (tertiary/aromatic N) is 4. The summed E-state index contributed by atoms with van der Waals surface area (Å²) in [5.74, 6) is 1.16. The molecule has 0 aromatic carbocycles. The molecule has 0 amide bonds. The first-order chi connectivity index (χ1) is 7.13. The predicted octanol–water partition coefficient (Wildman–Crippen LogP) is 1.40. The molecular formula is C7H7BrN6S. The van der Waals surface area contributed by atoms with Gasteiger partial charge >= 0.3 is 0 Å². The lowest BCUT2D eigenvalue weighted by molar-refractivity contribution is 0.927. The van der Waals surface area contributed by atoms with Crippen LogP contribution >= 0.6 is 27.7 Å². The van der Waals surface area contributed by atoms with Gasteiger partial charge in [-0.3, -0.25) is 5.10 Å². The topological polar surface area (TPSA) is 93.4 Å². The Morgan fingerprint density at radius 1 is 1.33 bits per heavy atom. The molecule has 3 N–H and O–H groups in total. The Hall–Kier alpha value is -1.15. The van der Waals surface area contributed by atoms with Crippen molar-refractivity contribution in [1.29, 1.82) is 0 Å². The number of nitrogens with one attached hydrogen (secondary N) is 1. The summed E-state index contributed by atoms with van der Waals surface area (Å²) < 4.78 is 0.643. The van der Waals surface area contributed by atoms with Crippen LogP contribution in [0.15, 0.2) is 21.0 Å². The fourth-order valence-electron chi connectivity index (χ4n) is 0.909. The van der Waals surface area contributed by atoms with Crippen molar-refractivity contribution in [3.8, 4) is 0 Å². The predicted molar refractivity (Wildman–Crippen MR) is 59.4 cm³/mol. The van der Waals surface area contributed by atoms with Gasteiger partial charge in [0.25, 0.3) is 0 Å². The average Bonchev–Trinajstić information content (AvgIpc) is 2.49. The van der Waals surface area contributed by atoms with Gasteiger partial charge in [-0.1, -0.05) is 0 Å². The summed E-state index contributed by atoms with van der Waals surface area (Å²) in [4.78, 5) is 12.3. The van der Waals surface area contributed by atoms with Gasteiger partial charge in [0.1, 0.15) is 16.2 Å². The summed E-state index contributed by atoms with van der Waals surface area (Å²) >= 11 is 4.49. The Kier molecular flexibility index (Phi) is 2.87. The van der Waals surface area contributed by atoms with Crippen molar-refractivity contribution in [2.24, 2.45) is 0 Å². The molecule has 78 valence electrons. The van der Waals surface area contributed by atoms with Crippen LogP contribution in [0.1, 0.15) is 5.82 Å². The van der Waals surface area contributed by atoms with Gasteiger partial charge in [-0.2, -0.15) is 0 Å². The van der Waals surface area contributed by atoms with Crippen LogP contribution < -0.4 is 5.73 Å². The number of aromatic amines is 1. The number of halogens is 1. The number of H-pyrrole nitrogens is 1. The highest BCUT2D eigenvalue weighted by atomic mass is 79.9. The van der Waals surface area contributed by atoms with Crippen LogP contribution in [-0.2, 0) is 0 Å². The van der Waals surface area contributed by atoms with Crippen LogP contribution in [0.25, 0.3) is 0 Å². The Labute approximate surface area is 98.2 Å². The second-order valence-electron chi connectivity index (χ2n) is 2.70. The lowest BCUT2D eigenvalue weighted by Crippen LogP contribution is -1.94. The number of hydrogen-bond donors (Lipinski definition) is 2. The summed E-state index contributed by atoms with van der Waals surface area (Å²) in [7, 11) is 0. The minimum atomic E-state index is 0.409. The summed E-state index contributed by atoms with van der Waals surface area (Å²) in [5, 5.41) is 7.79. The summed E-state index contributed by atoms with van der Waals surface area (Å²) in [6.07, 6.45) is 0. The van der Waals surface area contributed by atoms with E-state index in [0.29, 0.717) is 20.7 Å². The molecule has 0 aliphatic carbocycles. The summed E-state index contributed by atoms with van der Waals surface area (Å²) in [6.45, 7) is 1.83. The van der Waals surface area contributed by atoms with Crippen LogP contribution in [0, 0.1) is 6.92 Å². The molecule has 0 unspecified atom stereocenters. The van der Waals surface area contributed by atoms with Crippen molar-refractivity contribution in [3.63, 3.8) is 0 Å². The van der Waals surface area contributed by atoms with Gasteiger partial charge in [-0.05, 0) is 34.6 Å². The molecule has 0 saturated carbocycles. The van der Waals surface area contributed by atoms with Crippen molar-refractivity contribution in [3.05, 3.63) is 16.5 Å². The number of anilines is 1. The molecule has 0 spiro atoms. The van der Waals surface area contributed by atoms with E-state index in [-0.39, 0.29) is 0 Å². The van der Waals surface area contributed by atoms with E-state index in [4.69, 9.17) is 5.73 Å². The first kappa shape index (κ1) is 10.4. The molecule has 0 fully saturated rings. The second-order valence-corrected chi connectivity index (χ2v) is 4.45. The van der Waals surface area contributed by atoms with E-state index in [1.165, 1.54) is 11.8 Å². The quantitative estimate of drug-likeness (QED) is 0.640. The molecule has 2 heterocycles. The number of aromatic nitrogens is 5. The zero-order valence-electron chi connectivity index (χ0n) is 7.73. The number of hydrogen-bond acceptors (Lipinski definition) is 6. The van der Waals surface area contributed by atoms with Crippen molar-refractivity contribution in [1.82, 2.24) is 25.1 Å². The molecule has 0 aliphatic rings. The average molecular weight is 287 g/mol.